The van der Waals surface area contributed by atoms with Gasteiger partial charge in [-0.1, -0.05) is 15.9 Å². The SMILES string of the molecule is Fc1ccc(Br)c(CNCCCn2ccnc2)c1. The molecule has 0 radical (unpaired) electrons. The molecule has 0 saturated heterocycles. The lowest BCUT2D eigenvalue weighted by Crippen LogP contribution is -2.16. The summed E-state index contributed by atoms with van der Waals surface area (Å²) < 4.78 is 16.0. The lowest BCUT2D eigenvalue weighted by Gasteiger charge is -2.07. The maximum absolute atomic E-state index is 13.0. The van der Waals surface area contributed by atoms with Crippen molar-refractivity contribution in [3.8, 4) is 0 Å². The number of hydrogen-bond acceptors (Lipinski definition) is 2. The third-order valence-electron chi connectivity index (χ3n) is 2.65. The molecule has 2 rings (SSSR count). The van der Waals surface area contributed by atoms with Crippen molar-refractivity contribution in [3.05, 3.63) is 52.8 Å². The van der Waals surface area contributed by atoms with Crippen LogP contribution in [0.15, 0.2) is 41.4 Å². The number of hydrogen-bond donors (Lipinski definition) is 1. The minimum absolute atomic E-state index is 0.201. The van der Waals surface area contributed by atoms with E-state index in [0.29, 0.717) is 6.54 Å². The Balaban J connectivity index is 1.70. The second-order valence-electron chi connectivity index (χ2n) is 4.07. The van der Waals surface area contributed by atoms with Crippen LogP contribution >= 0.6 is 15.9 Å². The van der Waals surface area contributed by atoms with Crippen molar-refractivity contribution in [1.82, 2.24) is 14.9 Å². The van der Waals surface area contributed by atoms with Crippen molar-refractivity contribution in [2.24, 2.45) is 0 Å². The highest BCUT2D eigenvalue weighted by Crippen LogP contribution is 2.17. The van der Waals surface area contributed by atoms with Crippen LogP contribution in [-0.4, -0.2) is 16.1 Å². The van der Waals surface area contributed by atoms with Crippen LogP contribution in [0.2, 0.25) is 0 Å². The molecule has 96 valence electrons. The average molecular weight is 312 g/mol. The Morgan fingerprint density at radius 1 is 1.39 bits per heavy atom. The van der Waals surface area contributed by atoms with Gasteiger partial charge < -0.3 is 9.88 Å². The number of benzene rings is 1. The Hall–Kier alpha value is -1.20. The number of nitrogens with zero attached hydrogens (tertiary/aromatic N) is 2. The first-order valence-electron chi connectivity index (χ1n) is 5.86. The summed E-state index contributed by atoms with van der Waals surface area (Å²) in [5.41, 5.74) is 0.942. The van der Waals surface area contributed by atoms with Gasteiger partial charge in [-0.2, -0.15) is 0 Å². The predicted octanol–water partition coefficient (Wildman–Crippen LogP) is 2.96. The van der Waals surface area contributed by atoms with Crippen molar-refractivity contribution >= 4 is 15.9 Å². The lowest BCUT2D eigenvalue weighted by atomic mass is 10.2. The molecule has 1 N–H and O–H groups in total. The molecular formula is C13H15BrFN3. The van der Waals surface area contributed by atoms with Gasteiger partial charge in [-0.3, -0.25) is 0 Å². The topological polar surface area (TPSA) is 29.9 Å². The highest BCUT2D eigenvalue weighted by molar-refractivity contribution is 9.10. The Labute approximate surface area is 114 Å². The maximum Gasteiger partial charge on any atom is 0.123 e. The number of imidazole rings is 1. The summed E-state index contributed by atoms with van der Waals surface area (Å²) in [5, 5.41) is 3.30. The van der Waals surface area contributed by atoms with Crippen LogP contribution in [0.25, 0.3) is 0 Å². The number of halogens is 2. The summed E-state index contributed by atoms with van der Waals surface area (Å²) in [5.74, 6) is -0.201. The first-order chi connectivity index (χ1) is 8.75. The molecule has 0 aliphatic rings. The van der Waals surface area contributed by atoms with Crippen LogP contribution in [0, 0.1) is 5.82 Å². The lowest BCUT2D eigenvalue weighted by molar-refractivity contribution is 0.576. The smallest absolute Gasteiger partial charge is 0.123 e. The predicted molar refractivity (Wildman–Crippen MR) is 72.7 cm³/mol. The van der Waals surface area contributed by atoms with E-state index in [2.05, 4.69) is 26.2 Å². The Kier molecular flexibility index (Phi) is 4.90. The largest absolute Gasteiger partial charge is 0.337 e. The van der Waals surface area contributed by atoms with Crippen molar-refractivity contribution in [3.63, 3.8) is 0 Å². The molecular weight excluding hydrogens is 297 g/mol. The standard InChI is InChI=1S/C13H15BrFN3/c14-13-3-2-12(15)8-11(13)9-16-4-1-6-18-7-5-17-10-18/h2-3,5,7-8,10,16H,1,4,6,9H2. The van der Waals surface area contributed by atoms with E-state index in [0.717, 1.165) is 29.5 Å². The van der Waals surface area contributed by atoms with E-state index >= 15 is 0 Å². The fourth-order valence-electron chi connectivity index (χ4n) is 1.71. The second-order valence-corrected chi connectivity index (χ2v) is 4.92. The number of aromatic nitrogens is 2. The van der Waals surface area contributed by atoms with E-state index in [4.69, 9.17) is 0 Å². The molecule has 0 aliphatic carbocycles. The highest BCUT2D eigenvalue weighted by Gasteiger charge is 2.01. The third kappa shape index (κ3) is 3.92. The summed E-state index contributed by atoms with van der Waals surface area (Å²) in [6.45, 7) is 2.50. The van der Waals surface area contributed by atoms with Gasteiger partial charge in [0.05, 0.1) is 6.33 Å². The molecule has 0 atom stereocenters. The molecule has 1 aromatic heterocycles. The zero-order valence-electron chi connectivity index (χ0n) is 9.94. The van der Waals surface area contributed by atoms with Crippen LogP contribution in [-0.2, 0) is 13.1 Å². The summed E-state index contributed by atoms with van der Waals surface area (Å²) in [7, 11) is 0. The van der Waals surface area contributed by atoms with Gasteiger partial charge in [-0.05, 0) is 36.7 Å². The molecule has 1 heterocycles. The molecule has 3 nitrogen and oxygen atoms in total. The Morgan fingerprint density at radius 3 is 3.06 bits per heavy atom. The van der Waals surface area contributed by atoms with E-state index in [9.17, 15) is 4.39 Å². The minimum Gasteiger partial charge on any atom is -0.337 e. The molecule has 0 bridgehead atoms. The van der Waals surface area contributed by atoms with Crippen LogP contribution < -0.4 is 5.32 Å². The summed E-state index contributed by atoms with van der Waals surface area (Å²) in [6, 6.07) is 4.73. The van der Waals surface area contributed by atoms with Gasteiger partial charge >= 0.3 is 0 Å². The molecule has 0 fully saturated rings. The number of rotatable bonds is 6. The van der Waals surface area contributed by atoms with Crippen LogP contribution in [0.3, 0.4) is 0 Å². The molecule has 0 amide bonds. The van der Waals surface area contributed by atoms with Gasteiger partial charge in [0, 0.05) is 30.0 Å². The molecule has 2 aromatic rings. The van der Waals surface area contributed by atoms with E-state index in [-0.39, 0.29) is 5.82 Å². The molecule has 1 aromatic carbocycles. The molecule has 0 unspecified atom stereocenters. The van der Waals surface area contributed by atoms with Crippen LogP contribution in [0.5, 0.6) is 0 Å². The van der Waals surface area contributed by atoms with Crippen molar-refractivity contribution in [1.29, 1.82) is 0 Å². The first kappa shape index (κ1) is 13.2. The second kappa shape index (κ2) is 6.66. The van der Waals surface area contributed by atoms with E-state index in [1.165, 1.54) is 6.07 Å². The van der Waals surface area contributed by atoms with Crippen molar-refractivity contribution < 1.29 is 4.39 Å². The maximum atomic E-state index is 13.0. The third-order valence-corrected chi connectivity index (χ3v) is 3.43. The van der Waals surface area contributed by atoms with Gasteiger partial charge in [-0.25, -0.2) is 9.37 Å². The van der Waals surface area contributed by atoms with Gasteiger partial charge in [0.25, 0.3) is 0 Å². The van der Waals surface area contributed by atoms with Gasteiger partial charge in [0.2, 0.25) is 0 Å². The zero-order valence-corrected chi connectivity index (χ0v) is 11.5. The molecule has 5 heteroatoms. The quantitative estimate of drug-likeness (QED) is 0.831. The number of aryl methyl sites for hydroxylation is 1. The van der Waals surface area contributed by atoms with Gasteiger partial charge in [0.1, 0.15) is 5.82 Å². The fraction of sp³-hybridized carbons (Fsp3) is 0.308. The Morgan fingerprint density at radius 2 is 2.28 bits per heavy atom. The fourth-order valence-corrected chi connectivity index (χ4v) is 2.09. The minimum atomic E-state index is -0.201. The molecule has 0 spiro atoms. The molecule has 0 aliphatic heterocycles. The molecule has 18 heavy (non-hydrogen) atoms. The molecule has 0 saturated carbocycles. The van der Waals surface area contributed by atoms with Crippen LogP contribution in [0.1, 0.15) is 12.0 Å². The summed E-state index contributed by atoms with van der Waals surface area (Å²) in [6.07, 6.45) is 6.55. The van der Waals surface area contributed by atoms with Gasteiger partial charge in [-0.15, -0.1) is 0 Å². The Bertz CT molecular complexity index is 485. The van der Waals surface area contributed by atoms with E-state index < -0.39 is 0 Å². The summed E-state index contributed by atoms with van der Waals surface area (Å²) >= 11 is 3.41. The summed E-state index contributed by atoms with van der Waals surface area (Å²) in [4.78, 5) is 3.98. The highest BCUT2D eigenvalue weighted by atomic mass is 79.9. The monoisotopic (exact) mass is 311 g/mol. The van der Waals surface area contributed by atoms with E-state index in [1.807, 2.05) is 17.1 Å². The zero-order chi connectivity index (χ0) is 12.8. The van der Waals surface area contributed by atoms with Crippen LogP contribution in [0.4, 0.5) is 4.39 Å². The number of nitrogens with one attached hydrogen (secondary N) is 1. The van der Waals surface area contributed by atoms with Gasteiger partial charge in [0.15, 0.2) is 0 Å². The van der Waals surface area contributed by atoms with E-state index in [1.54, 1.807) is 18.3 Å². The van der Waals surface area contributed by atoms with Crippen molar-refractivity contribution in [2.75, 3.05) is 6.54 Å². The van der Waals surface area contributed by atoms with Crippen molar-refractivity contribution in [2.45, 2.75) is 19.5 Å². The normalized spacial score (nSPS) is 10.8. The first-order valence-corrected chi connectivity index (χ1v) is 6.65. The average Bonchev–Trinajstić information content (AvgIpc) is 2.86.